The lowest BCUT2D eigenvalue weighted by Crippen LogP contribution is -2.31. The average molecular weight is 357 g/mol. The molecule has 0 bridgehead atoms. The standard InChI is InChI=1S/C20H23NO5/c1-14(15-7-5-4-6-8-15)12-21-19(22)13-26-20(23)17-11-16(24-2)9-10-18(17)25-3/h4-11,14H,12-13H2,1-3H3,(H,21,22)/t14-/m0/s1. The number of carbonyl (C=O) groups is 2. The van der Waals surface area contributed by atoms with Crippen molar-refractivity contribution in [2.45, 2.75) is 12.8 Å². The molecule has 1 N–H and O–H groups in total. The Morgan fingerprint density at radius 3 is 2.42 bits per heavy atom. The molecule has 0 aliphatic carbocycles. The van der Waals surface area contributed by atoms with Crippen LogP contribution in [0.15, 0.2) is 48.5 Å². The number of hydrogen-bond donors (Lipinski definition) is 1. The molecule has 0 spiro atoms. The summed E-state index contributed by atoms with van der Waals surface area (Å²) >= 11 is 0. The minimum absolute atomic E-state index is 0.161. The number of nitrogens with one attached hydrogen (secondary N) is 1. The molecule has 0 heterocycles. The molecule has 1 amide bonds. The molecule has 2 aromatic rings. The van der Waals surface area contributed by atoms with Crippen molar-refractivity contribution in [1.29, 1.82) is 0 Å². The second-order valence-corrected chi connectivity index (χ2v) is 5.76. The van der Waals surface area contributed by atoms with Crippen LogP contribution in [0.2, 0.25) is 0 Å². The van der Waals surface area contributed by atoms with Gasteiger partial charge in [-0.1, -0.05) is 37.3 Å². The van der Waals surface area contributed by atoms with Gasteiger partial charge in [0.2, 0.25) is 0 Å². The van der Waals surface area contributed by atoms with Crippen molar-refractivity contribution in [1.82, 2.24) is 5.32 Å². The number of rotatable bonds is 8. The van der Waals surface area contributed by atoms with Gasteiger partial charge in [-0.2, -0.15) is 0 Å². The average Bonchev–Trinajstić information content (AvgIpc) is 2.70. The van der Waals surface area contributed by atoms with E-state index in [-0.39, 0.29) is 24.0 Å². The third kappa shape index (κ3) is 5.24. The van der Waals surface area contributed by atoms with Gasteiger partial charge in [0.1, 0.15) is 17.1 Å². The summed E-state index contributed by atoms with van der Waals surface area (Å²) in [5.74, 6) is 0.0112. The van der Waals surface area contributed by atoms with Crippen LogP contribution in [0.3, 0.4) is 0 Å². The first-order valence-corrected chi connectivity index (χ1v) is 8.26. The van der Waals surface area contributed by atoms with Gasteiger partial charge in [-0.15, -0.1) is 0 Å². The predicted octanol–water partition coefficient (Wildman–Crippen LogP) is 2.78. The first-order chi connectivity index (χ1) is 12.5. The lowest BCUT2D eigenvalue weighted by molar-refractivity contribution is -0.124. The molecule has 0 aromatic heterocycles. The molecule has 2 aromatic carbocycles. The van der Waals surface area contributed by atoms with E-state index >= 15 is 0 Å². The number of ether oxygens (including phenoxy) is 3. The highest BCUT2D eigenvalue weighted by Crippen LogP contribution is 2.24. The van der Waals surface area contributed by atoms with Crippen LogP contribution in [-0.2, 0) is 9.53 Å². The highest BCUT2D eigenvalue weighted by atomic mass is 16.5. The Bertz CT molecular complexity index is 745. The van der Waals surface area contributed by atoms with Gasteiger partial charge in [-0.05, 0) is 29.7 Å². The SMILES string of the molecule is COc1ccc(OC)c(C(=O)OCC(=O)NC[C@H](C)c2ccccc2)c1. The van der Waals surface area contributed by atoms with Gasteiger partial charge < -0.3 is 19.5 Å². The summed E-state index contributed by atoms with van der Waals surface area (Å²) in [6, 6.07) is 14.7. The zero-order valence-corrected chi connectivity index (χ0v) is 15.2. The Kier molecular flexibility index (Phi) is 7.02. The zero-order valence-electron chi connectivity index (χ0n) is 15.2. The maximum atomic E-state index is 12.2. The van der Waals surface area contributed by atoms with Crippen molar-refractivity contribution in [3.63, 3.8) is 0 Å². The van der Waals surface area contributed by atoms with Crippen LogP contribution in [0.4, 0.5) is 0 Å². The molecule has 1 atom stereocenters. The van der Waals surface area contributed by atoms with Crippen molar-refractivity contribution >= 4 is 11.9 Å². The maximum absolute atomic E-state index is 12.2. The van der Waals surface area contributed by atoms with E-state index < -0.39 is 5.97 Å². The monoisotopic (exact) mass is 357 g/mol. The zero-order chi connectivity index (χ0) is 18.9. The molecule has 0 unspecified atom stereocenters. The van der Waals surface area contributed by atoms with Gasteiger partial charge in [0, 0.05) is 6.54 Å². The Morgan fingerprint density at radius 1 is 1.04 bits per heavy atom. The van der Waals surface area contributed by atoms with Crippen molar-refractivity contribution in [3.05, 3.63) is 59.7 Å². The van der Waals surface area contributed by atoms with Gasteiger partial charge in [0.25, 0.3) is 5.91 Å². The van der Waals surface area contributed by atoms with E-state index in [0.717, 1.165) is 5.56 Å². The van der Waals surface area contributed by atoms with Crippen LogP contribution in [0.25, 0.3) is 0 Å². The quantitative estimate of drug-likeness (QED) is 0.736. The fourth-order valence-electron chi connectivity index (χ4n) is 2.40. The Hall–Kier alpha value is -3.02. The Labute approximate surface area is 153 Å². The fourth-order valence-corrected chi connectivity index (χ4v) is 2.40. The summed E-state index contributed by atoms with van der Waals surface area (Å²) in [5.41, 5.74) is 1.34. The van der Waals surface area contributed by atoms with Gasteiger partial charge in [0.05, 0.1) is 14.2 Å². The van der Waals surface area contributed by atoms with E-state index in [4.69, 9.17) is 14.2 Å². The highest BCUT2D eigenvalue weighted by molar-refractivity contribution is 5.94. The first kappa shape index (κ1) is 19.3. The number of esters is 1. The number of benzene rings is 2. The highest BCUT2D eigenvalue weighted by Gasteiger charge is 2.17. The second kappa shape index (κ2) is 9.46. The van der Waals surface area contributed by atoms with Crippen molar-refractivity contribution in [2.24, 2.45) is 0 Å². The number of amides is 1. The Morgan fingerprint density at radius 2 is 1.77 bits per heavy atom. The topological polar surface area (TPSA) is 73.9 Å². The van der Waals surface area contributed by atoms with Gasteiger partial charge in [0.15, 0.2) is 6.61 Å². The molecular formula is C20H23NO5. The molecule has 6 nitrogen and oxygen atoms in total. The summed E-state index contributed by atoms with van der Waals surface area (Å²) in [5, 5.41) is 2.77. The summed E-state index contributed by atoms with van der Waals surface area (Å²) in [4.78, 5) is 24.2. The molecule has 2 rings (SSSR count). The lowest BCUT2D eigenvalue weighted by Gasteiger charge is -2.13. The van der Waals surface area contributed by atoms with E-state index in [9.17, 15) is 9.59 Å². The molecule has 0 aliphatic heterocycles. The van der Waals surface area contributed by atoms with Crippen molar-refractivity contribution in [3.8, 4) is 11.5 Å². The van der Waals surface area contributed by atoms with Crippen molar-refractivity contribution < 1.29 is 23.8 Å². The van der Waals surface area contributed by atoms with Crippen LogP contribution in [0, 0.1) is 0 Å². The summed E-state index contributed by atoms with van der Waals surface area (Å²) in [7, 11) is 2.95. The molecule has 0 saturated heterocycles. The summed E-state index contributed by atoms with van der Waals surface area (Å²) < 4.78 is 15.3. The molecule has 26 heavy (non-hydrogen) atoms. The number of carbonyl (C=O) groups excluding carboxylic acids is 2. The molecule has 138 valence electrons. The van der Waals surface area contributed by atoms with Crippen LogP contribution in [-0.4, -0.2) is 39.2 Å². The van der Waals surface area contributed by atoms with E-state index in [2.05, 4.69) is 5.32 Å². The smallest absolute Gasteiger partial charge is 0.342 e. The molecule has 0 fully saturated rings. The predicted molar refractivity (Wildman–Crippen MR) is 97.7 cm³/mol. The largest absolute Gasteiger partial charge is 0.497 e. The number of hydrogen-bond acceptors (Lipinski definition) is 5. The van der Waals surface area contributed by atoms with Gasteiger partial charge >= 0.3 is 5.97 Å². The van der Waals surface area contributed by atoms with Crippen LogP contribution in [0.5, 0.6) is 11.5 Å². The van der Waals surface area contributed by atoms with E-state index in [1.807, 2.05) is 37.3 Å². The molecule has 0 saturated carbocycles. The van der Waals surface area contributed by atoms with Crippen LogP contribution < -0.4 is 14.8 Å². The van der Waals surface area contributed by atoms with Crippen LogP contribution >= 0.6 is 0 Å². The first-order valence-electron chi connectivity index (χ1n) is 8.26. The molecular weight excluding hydrogens is 334 g/mol. The minimum Gasteiger partial charge on any atom is -0.497 e. The van der Waals surface area contributed by atoms with Gasteiger partial charge in [-0.3, -0.25) is 4.79 Å². The molecule has 0 radical (unpaired) electrons. The summed E-state index contributed by atoms with van der Waals surface area (Å²) in [6.07, 6.45) is 0. The van der Waals surface area contributed by atoms with E-state index in [1.54, 1.807) is 12.1 Å². The Balaban J connectivity index is 1.86. The minimum atomic E-state index is -0.646. The van der Waals surface area contributed by atoms with E-state index in [1.165, 1.54) is 20.3 Å². The lowest BCUT2D eigenvalue weighted by atomic mass is 10.0. The molecule has 0 aliphatic rings. The van der Waals surface area contributed by atoms with Gasteiger partial charge in [-0.25, -0.2) is 4.79 Å². The van der Waals surface area contributed by atoms with Crippen LogP contribution in [0.1, 0.15) is 28.8 Å². The molecule has 6 heteroatoms. The normalized spacial score (nSPS) is 11.3. The maximum Gasteiger partial charge on any atom is 0.342 e. The van der Waals surface area contributed by atoms with Crippen molar-refractivity contribution in [2.75, 3.05) is 27.4 Å². The number of methoxy groups -OCH3 is 2. The summed E-state index contributed by atoms with van der Waals surface area (Å²) in [6.45, 7) is 2.12. The van der Waals surface area contributed by atoms with E-state index in [0.29, 0.717) is 18.0 Å². The second-order valence-electron chi connectivity index (χ2n) is 5.76. The fraction of sp³-hybridized carbons (Fsp3) is 0.300. The third-order valence-electron chi connectivity index (χ3n) is 3.93. The third-order valence-corrected chi connectivity index (χ3v) is 3.93.